The molecule has 1 saturated heterocycles. The highest BCUT2D eigenvalue weighted by Gasteiger charge is 2.44. The first-order chi connectivity index (χ1) is 9.10. The van der Waals surface area contributed by atoms with Crippen LogP contribution in [0.15, 0.2) is 18.2 Å². The van der Waals surface area contributed by atoms with Gasteiger partial charge < -0.3 is 9.84 Å². The van der Waals surface area contributed by atoms with Gasteiger partial charge in [0.1, 0.15) is 5.82 Å². The second-order valence-electron chi connectivity index (χ2n) is 6.11. The summed E-state index contributed by atoms with van der Waals surface area (Å²) in [7, 11) is 0. The minimum Gasteiger partial charge on any atom is -0.388 e. The van der Waals surface area contributed by atoms with E-state index in [1.54, 1.807) is 6.07 Å². The van der Waals surface area contributed by atoms with Crippen LogP contribution in [0.25, 0.3) is 0 Å². The molecule has 3 heteroatoms. The lowest BCUT2D eigenvalue weighted by Crippen LogP contribution is -2.46. The zero-order chi connectivity index (χ0) is 13.5. The van der Waals surface area contributed by atoms with E-state index in [-0.39, 0.29) is 17.3 Å². The van der Waals surface area contributed by atoms with Gasteiger partial charge in [0.25, 0.3) is 0 Å². The first-order valence-corrected chi connectivity index (χ1v) is 7.18. The quantitative estimate of drug-likeness (QED) is 0.885. The van der Waals surface area contributed by atoms with Crippen molar-refractivity contribution in [3.05, 3.63) is 35.1 Å². The Balaban J connectivity index is 1.77. The van der Waals surface area contributed by atoms with Crippen LogP contribution in [0.1, 0.15) is 49.3 Å². The summed E-state index contributed by atoms with van der Waals surface area (Å²) < 4.78 is 19.8. The molecule has 2 unspecified atom stereocenters. The maximum atomic E-state index is 14.0. The van der Waals surface area contributed by atoms with Crippen LogP contribution in [0.4, 0.5) is 4.39 Å². The number of hydrogen-bond acceptors (Lipinski definition) is 2. The van der Waals surface area contributed by atoms with Gasteiger partial charge in [0.15, 0.2) is 0 Å². The molecule has 2 aliphatic rings. The van der Waals surface area contributed by atoms with Crippen molar-refractivity contribution in [2.75, 3.05) is 6.61 Å². The normalized spacial score (nSPS) is 27.0. The summed E-state index contributed by atoms with van der Waals surface area (Å²) in [6.07, 6.45) is 4.36. The highest BCUT2D eigenvalue weighted by molar-refractivity contribution is 5.25. The number of benzene rings is 1. The fourth-order valence-electron chi connectivity index (χ4n) is 3.38. The molecule has 0 amide bonds. The van der Waals surface area contributed by atoms with Gasteiger partial charge in [-0.15, -0.1) is 0 Å². The lowest BCUT2D eigenvalue weighted by molar-refractivity contribution is -0.157. The van der Waals surface area contributed by atoms with Gasteiger partial charge in [-0.25, -0.2) is 4.39 Å². The summed E-state index contributed by atoms with van der Waals surface area (Å²) in [5, 5.41) is 10.5. The Labute approximate surface area is 113 Å². The Morgan fingerprint density at radius 2 is 2.21 bits per heavy atom. The molecular weight excluding hydrogens is 243 g/mol. The molecule has 1 aromatic carbocycles. The van der Waals surface area contributed by atoms with Gasteiger partial charge in [0, 0.05) is 12.2 Å². The molecule has 1 N–H and O–H groups in total. The van der Waals surface area contributed by atoms with Gasteiger partial charge in [-0.1, -0.05) is 12.1 Å². The van der Waals surface area contributed by atoms with Gasteiger partial charge in [-0.2, -0.15) is 0 Å². The van der Waals surface area contributed by atoms with Crippen LogP contribution in [-0.2, 0) is 4.74 Å². The van der Waals surface area contributed by atoms with Crippen molar-refractivity contribution in [1.29, 1.82) is 0 Å². The smallest absolute Gasteiger partial charge is 0.129 e. The van der Waals surface area contributed by atoms with E-state index in [0.29, 0.717) is 12.2 Å². The van der Waals surface area contributed by atoms with Crippen LogP contribution in [0.5, 0.6) is 0 Å². The third-order valence-electron chi connectivity index (χ3n) is 4.72. The fourth-order valence-corrected chi connectivity index (χ4v) is 3.38. The van der Waals surface area contributed by atoms with E-state index in [2.05, 4.69) is 0 Å². The van der Waals surface area contributed by atoms with Gasteiger partial charge in [0.2, 0.25) is 0 Å². The summed E-state index contributed by atoms with van der Waals surface area (Å²) >= 11 is 0. The van der Waals surface area contributed by atoms with Gasteiger partial charge in [-0.3, -0.25) is 0 Å². The molecule has 1 aromatic rings. The van der Waals surface area contributed by atoms with Crippen molar-refractivity contribution in [2.24, 2.45) is 5.92 Å². The summed E-state index contributed by atoms with van der Waals surface area (Å²) in [5.74, 6) is -0.173. The molecule has 3 rings (SSSR count). The lowest BCUT2D eigenvalue weighted by Gasteiger charge is -2.48. The predicted octanol–water partition coefficient (Wildman–Crippen LogP) is 3.52. The number of ether oxygens (including phenoxy) is 1. The van der Waals surface area contributed by atoms with Crippen LogP contribution in [0.2, 0.25) is 0 Å². The highest BCUT2D eigenvalue weighted by atomic mass is 19.1. The van der Waals surface area contributed by atoms with Crippen molar-refractivity contribution in [2.45, 2.75) is 50.7 Å². The van der Waals surface area contributed by atoms with E-state index >= 15 is 0 Å². The molecule has 0 bridgehead atoms. The van der Waals surface area contributed by atoms with Crippen molar-refractivity contribution in [1.82, 2.24) is 0 Å². The number of halogens is 1. The van der Waals surface area contributed by atoms with Crippen LogP contribution in [0, 0.1) is 18.7 Å². The van der Waals surface area contributed by atoms with Gasteiger partial charge >= 0.3 is 0 Å². The van der Waals surface area contributed by atoms with Crippen LogP contribution in [-0.4, -0.2) is 17.3 Å². The Bertz CT molecular complexity index is 468. The molecule has 1 aliphatic heterocycles. The van der Waals surface area contributed by atoms with Gasteiger partial charge in [0.05, 0.1) is 11.7 Å². The van der Waals surface area contributed by atoms with E-state index in [1.807, 2.05) is 13.0 Å². The minimum atomic E-state index is -0.707. The maximum absolute atomic E-state index is 14.0. The van der Waals surface area contributed by atoms with Crippen LogP contribution < -0.4 is 0 Å². The second kappa shape index (κ2) is 4.88. The molecule has 2 atom stereocenters. The molecule has 2 fully saturated rings. The summed E-state index contributed by atoms with van der Waals surface area (Å²) in [6.45, 7) is 2.55. The van der Waals surface area contributed by atoms with Crippen molar-refractivity contribution >= 4 is 0 Å². The van der Waals surface area contributed by atoms with E-state index in [0.717, 1.165) is 31.2 Å². The largest absolute Gasteiger partial charge is 0.388 e. The molecule has 1 heterocycles. The predicted molar refractivity (Wildman–Crippen MR) is 71.4 cm³/mol. The number of hydrogen-bond donors (Lipinski definition) is 1. The third kappa shape index (κ3) is 2.41. The Hall–Kier alpha value is -0.930. The minimum absolute atomic E-state index is 0.00886. The van der Waals surface area contributed by atoms with E-state index in [1.165, 1.54) is 12.5 Å². The highest BCUT2D eigenvalue weighted by Crippen LogP contribution is 2.47. The molecule has 1 spiro atoms. The van der Waals surface area contributed by atoms with E-state index < -0.39 is 6.10 Å². The topological polar surface area (TPSA) is 29.5 Å². The summed E-state index contributed by atoms with van der Waals surface area (Å²) in [5.41, 5.74) is 1.31. The summed E-state index contributed by atoms with van der Waals surface area (Å²) in [6, 6.07) is 5.08. The number of rotatable bonds is 2. The van der Waals surface area contributed by atoms with E-state index in [4.69, 9.17) is 4.74 Å². The fraction of sp³-hybridized carbons (Fsp3) is 0.625. The molecule has 1 saturated carbocycles. The molecule has 0 radical (unpaired) electrons. The second-order valence-corrected chi connectivity index (χ2v) is 6.11. The first-order valence-electron chi connectivity index (χ1n) is 7.18. The SMILES string of the molecule is Cc1ccc(C(O)C2CCOC3(CCC3)C2)c(F)c1. The zero-order valence-corrected chi connectivity index (χ0v) is 11.4. The van der Waals surface area contributed by atoms with Crippen LogP contribution >= 0.6 is 0 Å². The first kappa shape index (κ1) is 13.1. The Morgan fingerprint density at radius 3 is 2.84 bits per heavy atom. The number of aliphatic hydroxyl groups is 1. The van der Waals surface area contributed by atoms with Crippen LogP contribution in [0.3, 0.4) is 0 Å². The molecule has 0 aromatic heterocycles. The maximum Gasteiger partial charge on any atom is 0.129 e. The average molecular weight is 264 g/mol. The summed E-state index contributed by atoms with van der Waals surface area (Å²) in [4.78, 5) is 0. The van der Waals surface area contributed by atoms with Crippen molar-refractivity contribution < 1.29 is 14.2 Å². The number of aliphatic hydroxyl groups excluding tert-OH is 1. The molecule has 2 nitrogen and oxygen atoms in total. The average Bonchev–Trinajstić information content (AvgIpc) is 2.36. The lowest BCUT2D eigenvalue weighted by atomic mass is 9.70. The zero-order valence-electron chi connectivity index (χ0n) is 11.4. The Morgan fingerprint density at radius 1 is 1.42 bits per heavy atom. The molecular formula is C16H21FO2. The van der Waals surface area contributed by atoms with Crippen molar-refractivity contribution in [3.8, 4) is 0 Å². The van der Waals surface area contributed by atoms with Crippen molar-refractivity contribution in [3.63, 3.8) is 0 Å². The molecule has 19 heavy (non-hydrogen) atoms. The molecule has 1 aliphatic carbocycles. The Kier molecular flexibility index (Phi) is 3.35. The third-order valence-corrected chi connectivity index (χ3v) is 4.72. The number of aryl methyl sites for hydroxylation is 1. The van der Waals surface area contributed by atoms with Gasteiger partial charge in [-0.05, 0) is 56.6 Å². The monoisotopic (exact) mass is 264 g/mol. The standard InChI is InChI=1S/C16H21FO2/c1-11-3-4-13(14(17)9-11)15(18)12-5-8-19-16(10-12)6-2-7-16/h3-4,9,12,15,18H,2,5-8,10H2,1H3. The molecule has 104 valence electrons. The van der Waals surface area contributed by atoms with E-state index in [9.17, 15) is 9.50 Å².